The van der Waals surface area contributed by atoms with Gasteiger partial charge in [-0.3, -0.25) is 20.2 Å². The first kappa shape index (κ1) is 16.7. The van der Waals surface area contributed by atoms with Crippen LogP contribution in [0, 0.1) is 17.0 Å². The van der Waals surface area contributed by atoms with Gasteiger partial charge in [0.25, 0.3) is 5.69 Å². The van der Waals surface area contributed by atoms with Crippen molar-refractivity contribution in [2.45, 2.75) is 38.6 Å². The van der Waals surface area contributed by atoms with E-state index in [0.29, 0.717) is 5.69 Å². The summed E-state index contributed by atoms with van der Waals surface area (Å²) in [6, 6.07) is 4.00. The Kier molecular flexibility index (Phi) is 5.51. The standard InChI is InChI=1S/C15H20N4O4/c1-10-6-7-12(19(22)23)8-13(10)16-9-14(20)18-15(21)17-11-4-2-3-5-11/h6-8,11,16H,2-5,9H2,1H3,(H2,17,18,20,21). The summed E-state index contributed by atoms with van der Waals surface area (Å²) < 4.78 is 0. The van der Waals surface area contributed by atoms with E-state index in [0.717, 1.165) is 31.2 Å². The molecule has 0 heterocycles. The van der Waals surface area contributed by atoms with Crippen LogP contribution in [0.3, 0.4) is 0 Å². The second kappa shape index (κ2) is 7.57. The Morgan fingerprint density at radius 2 is 2.00 bits per heavy atom. The molecule has 1 saturated carbocycles. The summed E-state index contributed by atoms with van der Waals surface area (Å²) in [7, 11) is 0. The molecule has 0 unspecified atom stereocenters. The van der Waals surface area contributed by atoms with Gasteiger partial charge in [0.05, 0.1) is 11.5 Å². The van der Waals surface area contributed by atoms with E-state index in [4.69, 9.17) is 0 Å². The van der Waals surface area contributed by atoms with E-state index in [2.05, 4.69) is 16.0 Å². The van der Waals surface area contributed by atoms with Crippen molar-refractivity contribution in [1.82, 2.24) is 10.6 Å². The van der Waals surface area contributed by atoms with Crippen LogP contribution < -0.4 is 16.0 Å². The fraction of sp³-hybridized carbons (Fsp3) is 0.467. The molecule has 0 aliphatic heterocycles. The Labute approximate surface area is 133 Å². The van der Waals surface area contributed by atoms with Crippen molar-refractivity contribution in [1.29, 1.82) is 0 Å². The number of nitro groups is 1. The molecule has 0 radical (unpaired) electrons. The van der Waals surface area contributed by atoms with Crippen LogP contribution >= 0.6 is 0 Å². The zero-order chi connectivity index (χ0) is 16.8. The Hall–Kier alpha value is -2.64. The lowest BCUT2D eigenvalue weighted by atomic mass is 10.2. The number of nitrogens with zero attached hydrogens (tertiary/aromatic N) is 1. The minimum absolute atomic E-state index is 0.0579. The first-order chi connectivity index (χ1) is 11.0. The summed E-state index contributed by atoms with van der Waals surface area (Å²) >= 11 is 0. The lowest BCUT2D eigenvalue weighted by Gasteiger charge is -2.13. The first-order valence-corrected chi connectivity index (χ1v) is 7.55. The molecule has 8 heteroatoms. The predicted octanol–water partition coefficient (Wildman–Crippen LogP) is 2.08. The highest BCUT2D eigenvalue weighted by atomic mass is 16.6. The summed E-state index contributed by atoms with van der Waals surface area (Å²) in [5.41, 5.74) is 1.21. The predicted molar refractivity (Wildman–Crippen MR) is 85.3 cm³/mol. The third-order valence-electron chi connectivity index (χ3n) is 3.81. The van der Waals surface area contributed by atoms with Gasteiger partial charge in [-0.2, -0.15) is 0 Å². The number of hydrogen-bond donors (Lipinski definition) is 3. The molecule has 23 heavy (non-hydrogen) atoms. The second-order valence-electron chi connectivity index (χ2n) is 5.61. The molecule has 2 rings (SSSR count). The Morgan fingerprint density at radius 1 is 1.30 bits per heavy atom. The van der Waals surface area contributed by atoms with Crippen molar-refractivity contribution in [2.75, 3.05) is 11.9 Å². The van der Waals surface area contributed by atoms with Crippen molar-refractivity contribution in [3.05, 3.63) is 33.9 Å². The van der Waals surface area contributed by atoms with Gasteiger partial charge in [0.15, 0.2) is 0 Å². The highest BCUT2D eigenvalue weighted by molar-refractivity contribution is 5.96. The van der Waals surface area contributed by atoms with Crippen LogP contribution in [0.4, 0.5) is 16.2 Å². The number of nitro benzene ring substituents is 1. The van der Waals surface area contributed by atoms with Gasteiger partial charge < -0.3 is 10.6 Å². The number of carbonyl (C=O) groups excluding carboxylic acids is 2. The second-order valence-corrected chi connectivity index (χ2v) is 5.61. The maximum atomic E-state index is 11.8. The number of imide groups is 1. The molecule has 1 aromatic carbocycles. The monoisotopic (exact) mass is 320 g/mol. The van der Waals surface area contributed by atoms with Gasteiger partial charge in [0.1, 0.15) is 0 Å². The lowest BCUT2D eigenvalue weighted by molar-refractivity contribution is -0.384. The molecule has 0 atom stereocenters. The zero-order valence-corrected chi connectivity index (χ0v) is 12.9. The average molecular weight is 320 g/mol. The van der Waals surface area contributed by atoms with Crippen LogP contribution in [0.25, 0.3) is 0 Å². The van der Waals surface area contributed by atoms with E-state index in [1.165, 1.54) is 12.1 Å². The molecule has 0 spiro atoms. The number of non-ortho nitro benzene ring substituents is 1. The average Bonchev–Trinajstić information content (AvgIpc) is 2.98. The van der Waals surface area contributed by atoms with Gasteiger partial charge in [0, 0.05) is 23.9 Å². The quantitative estimate of drug-likeness (QED) is 0.568. The van der Waals surface area contributed by atoms with E-state index in [1.54, 1.807) is 13.0 Å². The van der Waals surface area contributed by atoms with Crippen LogP contribution in [0.15, 0.2) is 18.2 Å². The molecule has 3 N–H and O–H groups in total. The topological polar surface area (TPSA) is 113 Å². The molecule has 1 fully saturated rings. The highest BCUT2D eigenvalue weighted by Crippen LogP contribution is 2.21. The molecule has 124 valence electrons. The summed E-state index contributed by atoms with van der Waals surface area (Å²) in [5.74, 6) is -0.494. The molecular weight excluding hydrogens is 300 g/mol. The number of benzene rings is 1. The Balaban J connectivity index is 1.82. The molecule has 0 saturated heterocycles. The summed E-state index contributed by atoms with van der Waals surface area (Å²) in [6.07, 6.45) is 4.05. The van der Waals surface area contributed by atoms with E-state index in [-0.39, 0.29) is 18.3 Å². The normalized spacial score (nSPS) is 14.3. The van der Waals surface area contributed by atoms with Gasteiger partial charge in [-0.25, -0.2) is 4.79 Å². The van der Waals surface area contributed by atoms with Gasteiger partial charge in [-0.05, 0) is 25.3 Å². The summed E-state index contributed by atoms with van der Waals surface area (Å²) in [4.78, 5) is 33.7. The minimum atomic E-state index is -0.500. The number of aryl methyl sites for hydroxylation is 1. The third-order valence-corrected chi connectivity index (χ3v) is 3.81. The smallest absolute Gasteiger partial charge is 0.321 e. The van der Waals surface area contributed by atoms with Crippen LogP contribution in [0.2, 0.25) is 0 Å². The fourth-order valence-corrected chi connectivity index (χ4v) is 2.55. The lowest BCUT2D eigenvalue weighted by Crippen LogP contribution is -2.45. The Morgan fingerprint density at radius 3 is 2.65 bits per heavy atom. The van der Waals surface area contributed by atoms with Gasteiger partial charge in [-0.1, -0.05) is 18.9 Å². The maximum absolute atomic E-state index is 11.8. The van der Waals surface area contributed by atoms with E-state index in [9.17, 15) is 19.7 Å². The highest BCUT2D eigenvalue weighted by Gasteiger charge is 2.18. The number of rotatable bonds is 5. The number of anilines is 1. The number of hydrogen-bond acceptors (Lipinski definition) is 5. The molecule has 1 aliphatic rings. The minimum Gasteiger partial charge on any atom is -0.376 e. The molecule has 0 bridgehead atoms. The summed E-state index contributed by atoms with van der Waals surface area (Å²) in [5, 5.41) is 18.6. The largest absolute Gasteiger partial charge is 0.376 e. The van der Waals surface area contributed by atoms with Crippen LogP contribution in [0.5, 0.6) is 0 Å². The number of amides is 3. The molecule has 1 aliphatic carbocycles. The summed E-state index contributed by atoms with van der Waals surface area (Å²) in [6.45, 7) is 1.64. The van der Waals surface area contributed by atoms with Gasteiger partial charge in [-0.15, -0.1) is 0 Å². The van der Waals surface area contributed by atoms with Gasteiger partial charge >= 0.3 is 6.03 Å². The third kappa shape index (κ3) is 4.94. The fourth-order valence-electron chi connectivity index (χ4n) is 2.55. The molecule has 3 amide bonds. The first-order valence-electron chi connectivity index (χ1n) is 7.55. The van der Waals surface area contributed by atoms with Gasteiger partial charge in [0.2, 0.25) is 5.91 Å². The van der Waals surface area contributed by atoms with E-state index < -0.39 is 16.9 Å². The molecule has 0 aromatic heterocycles. The van der Waals surface area contributed by atoms with Crippen LogP contribution in [-0.4, -0.2) is 29.4 Å². The van der Waals surface area contributed by atoms with Crippen molar-refractivity contribution in [3.8, 4) is 0 Å². The molecule has 1 aromatic rings. The number of nitrogens with one attached hydrogen (secondary N) is 3. The molecular formula is C15H20N4O4. The number of urea groups is 1. The molecule has 8 nitrogen and oxygen atoms in total. The van der Waals surface area contributed by atoms with Crippen molar-refractivity contribution in [2.24, 2.45) is 0 Å². The van der Waals surface area contributed by atoms with Crippen LogP contribution in [-0.2, 0) is 4.79 Å². The maximum Gasteiger partial charge on any atom is 0.321 e. The number of carbonyl (C=O) groups is 2. The SMILES string of the molecule is Cc1ccc([N+](=O)[O-])cc1NCC(=O)NC(=O)NC1CCCC1. The van der Waals surface area contributed by atoms with Crippen molar-refractivity contribution >= 4 is 23.3 Å². The zero-order valence-electron chi connectivity index (χ0n) is 12.9. The van der Waals surface area contributed by atoms with Crippen LogP contribution in [0.1, 0.15) is 31.2 Å². The van der Waals surface area contributed by atoms with Crippen molar-refractivity contribution in [3.63, 3.8) is 0 Å². The van der Waals surface area contributed by atoms with E-state index >= 15 is 0 Å². The van der Waals surface area contributed by atoms with Crippen molar-refractivity contribution < 1.29 is 14.5 Å². The van der Waals surface area contributed by atoms with E-state index in [1.807, 2.05) is 0 Å². The Bertz CT molecular complexity index is 611.